The van der Waals surface area contributed by atoms with E-state index in [4.69, 9.17) is 4.74 Å². The second-order valence-corrected chi connectivity index (χ2v) is 8.93. The number of ether oxygens (including phenoxy) is 1. The summed E-state index contributed by atoms with van der Waals surface area (Å²) < 4.78 is 7.46. The monoisotopic (exact) mass is 365 g/mol. The molecule has 146 valence electrons. The van der Waals surface area contributed by atoms with Crippen molar-refractivity contribution in [3.05, 3.63) is 17.5 Å². The first-order chi connectivity index (χ1) is 11.9. The van der Waals surface area contributed by atoms with Gasteiger partial charge in [-0.3, -0.25) is 9.48 Å². The number of nitrogens with one attached hydrogen (secondary N) is 1. The molecule has 26 heavy (non-hydrogen) atoms. The van der Waals surface area contributed by atoms with Crippen molar-refractivity contribution < 1.29 is 19.4 Å². The minimum Gasteiger partial charge on any atom is -0.480 e. The van der Waals surface area contributed by atoms with Crippen LogP contribution in [0.3, 0.4) is 0 Å². The van der Waals surface area contributed by atoms with Crippen molar-refractivity contribution in [3.8, 4) is 0 Å². The number of aromatic nitrogens is 2. The number of carbonyl (C=O) groups excluding carboxylic acids is 1. The third-order valence-corrected chi connectivity index (χ3v) is 4.15. The van der Waals surface area contributed by atoms with Gasteiger partial charge in [0.2, 0.25) is 0 Å². The Bertz CT molecular complexity index is 663. The average Bonchev–Trinajstić information content (AvgIpc) is 3.21. The second-order valence-electron chi connectivity index (χ2n) is 8.93. The number of nitrogens with zero attached hydrogens (tertiary/aromatic N) is 2. The molecular formula is C19H31N3O4. The van der Waals surface area contributed by atoms with Gasteiger partial charge in [0.1, 0.15) is 11.7 Å². The van der Waals surface area contributed by atoms with E-state index in [1.54, 1.807) is 6.07 Å². The highest BCUT2D eigenvalue weighted by molar-refractivity contribution is 5.95. The van der Waals surface area contributed by atoms with Crippen LogP contribution in [0.1, 0.15) is 82.9 Å². The molecule has 1 heterocycles. The molecule has 1 atom stereocenters. The molecule has 7 nitrogen and oxygen atoms in total. The largest absolute Gasteiger partial charge is 0.480 e. The van der Waals surface area contributed by atoms with E-state index in [0.29, 0.717) is 5.92 Å². The van der Waals surface area contributed by atoms with Gasteiger partial charge in [-0.1, -0.05) is 0 Å². The summed E-state index contributed by atoms with van der Waals surface area (Å²) in [6, 6.07) is 0.789. The molecule has 7 heteroatoms. The fourth-order valence-electron chi connectivity index (χ4n) is 2.69. The first-order valence-corrected chi connectivity index (χ1v) is 9.16. The predicted molar refractivity (Wildman–Crippen MR) is 98.4 cm³/mol. The van der Waals surface area contributed by atoms with Gasteiger partial charge in [0.15, 0.2) is 0 Å². The molecule has 1 amide bonds. The van der Waals surface area contributed by atoms with Crippen LogP contribution in [0.4, 0.5) is 0 Å². The van der Waals surface area contributed by atoms with E-state index in [0.717, 1.165) is 18.5 Å². The summed E-state index contributed by atoms with van der Waals surface area (Å²) >= 11 is 0. The fourth-order valence-corrected chi connectivity index (χ4v) is 2.69. The molecule has 0 saturated heterocycles. The maximum atomic E-state index is 12.6. The first-order valence-electron chi connectivity index (χ1n) is 9.16. The van der Waals surface area contributed by atoms with Gasteiger partial charge >= 0.3 is 5.97 Å². The summed E-state index contributed by atoms with van der Waals surface area (Å²) in [5.74, 6) is -1.09. The highest BCUT2D eigenvalue weighted by Gasteiger charge is 2.33. The Labute approximate surface area is 155 Å². The zero-order valence-electron chi connectivity index (χ0n) is 16.6. The molecule has 1 aliphatic carbocycles. The van der Waals surface area contributed by atoms with Crippen molar-refractivity contribution in [2.45, 2.75) is 83.9 Å². The SMILES string of the molecule is CC(C)(C)OCCC(NC(=O)c1cc(C2CC2)n(C(C)(C)C)n1)C(=O)O. The summed E-state index contributed by atoms with van der Waals surface area (Å²) in [4.78, 5) is 24.0. The fraction of sp³-hybridized carbons (Fsp3) is 0.737. The van der Waals surface area contributed by atoms with Gasteiger partial charge in [0.05, 0.1) is 11.1 Å². The van der Waals surface area contributed by atoms with E-state index in [1.165, 1.54) is 0 Å². The van der Waals surface area contributed by atoms with Gasteiger partial charge < -0.3 is 15.2 Å². The van der Waals surface area contributed by atoms with Crippen LogP contribution in [-0.2, 0) is 15.1 Å². The molecule has 0 aromatic carbocycles. The summed E-state index contributed by atoms with van der Waals surface area (Å²) in [6.45, 7) is 12.1. The van der Waals surface area contributed by atoms with E-state index in [1.807, 2.05) is 46.2 Å². The van der Waals surface area contributed by atoms with E-state index >= 15 is 0 Å². The molecule has 1 aromatic heterocycles. The van der Waals surface area contributed by atoms with Crippen LogP contribution in [0, 0.1) is 0 Å². The van der Waals surface area contributed by atoms with Crippen LogP contribution in [0.25, 0.3) is 0 Å². The van der Waals surface area contributed by atoms with Gasteiger partial charge in [0.25, 0.3) is 5.91 Å². The molecule has 0 spiro atoms. The van der Waals surface area contributed by atoms with Crippen LogP contribution in [0.5, 0.6) is 0 Å². The summed E-state index contributed by atoms with van der Waals surface area (Å²) in [5, 5.41) is 16.4. The molecule has 0 radical (unpaired) electrons. The lowest BCUT2D eigenvalue weighted by Crippen LogP contribution is -2.42. The van der Waals surface area contributed by atoms with Crippen molar-refractivity contribution in [1.82, 2.24) is 15.1 Å². The number of carbonyl (C=O) groups is 2. The van der Waals surface area contributed by atoms with Crippen LogP contribution in [-0.4, -0.2) is 45.0 Å². The minimum absolute atomic E-state index is 0.202. The van der Waals surface area contributed by atoms with Crippen LogP contribution in [0.2, 0.25) is 0 Å². The van der Waals surface area contributed by atoms with Gasteiger partial charge in [-0.15, -0.1) is 0 Å². The van der Waals surface area contributed by atoms with Crippen LogP contribution < -0.4 is 5.32 Å². The Morgan fingerprint density at radius 3 is 2.38 bits per heavy atom. The molecule has 2 N–H and O–H groups in total. The molecule has 1 aliphatic rings. The minimum atomic E-state index is -1.08. The quantitative estimate of drug-likeness (QED) is 0.775. The van der Waals surface area contributed by atoms with Gasteiger partial charge in [0, 0.05) is 24.6 Å². The zero-order valence-corrected chi connectivity index (χ0v) is 16.6. The van der Waals surface area contributed by atoms with Gasteiger partial charge in [-0.2, -0.15) is 5.10 Å². The van der Waals surface area contributed by atoms with Crippen molar-refractivity contribution >= 4 is 11.9 Å². The number of carboxylic acid groups (broad SMARTS) is 1. The molecule has 1 saturated carbocycles. The lowest BCUT2D eigenvalue weighted by Gasteiger charge is -2.22. The molecule has 1 unspecified atom stereocenters. The molecule has 1 fully saturated rings. The van der Waals surface area contributed by atoms with Crippen molar-refractivity contribution in [3.63, 3.8) is 0 Å². The number of hydrogen-bond donors (Lipinski definition) is 2. The second kappa shape index (κ2) is 7.39. The highest BCUT2D eigenvalue weighted by atomic mass is 16.5. The lowest BCUT2D eigenvalue weighted by atomic mass is 10.1. The van der Waals surface area contributed by atoms with Crippen LogP contribution >= 0.6 is 0 Å². The van der Waals surface area contributed by atoms with Crippen molar-refractivity contribution in [2.24, 2.45) is 0 Å². The normalized spacial score (nSPS) is 16.4. The maximum Gasteiger partial charge on any atom is 0.326 e. The topological polar surface area (TPSA) is 93.5 Å². The number of amides is 1. The smallest absolute Gasteiger partial charge is 0.326 e. The third-order valence-electron chi connectivity index (χ3n) is 4.15. The predicted octanol–water partition coefficient (Wildman–Crippen LogP) is 2.90. The van der Waals surface area contributed by atoms with Crippen molar-refractivity contribution in [1.29, 1.82) is 0 Å². The Balaban J connectivity index is 2.08. The van der Waals surface area contributed by atoms with Gasteiger partial charge in [-0.05, 0) is 60.5 Å². The summed E-state index contributed by atoms with van der Waals surface area (Å²) in [5.41, 5.74) is 0.733. The third kappa shape index (κ3) is 5.56. The Morgan fingerprint density at radius 1 is 1.31 bits per heavy atom. The molecule has 0 aliphatic heterocycles. The van der Waals surface area contributed by atoms with Gasteiger partial charge in [-0.25, -0.2) is 4.79 Å². The molecular weight excluding hydrogens is 334 g/mol. The Kier molecular flexibility index (Phi) is 5.80. The molecule has 2 rings (SSSR count). The maximum absolute atomic E-state index is 12.6. The summed E-state index contributed by atoms with van der Waals surface area (Å²) in [7, 11) is 0. The molecule has 0 bridgehead atoms. The number of rotatable bonds is 7. The average molecular weight is 365 g/mol. The van der Waals surface area contributed by atoms with E-state index in [9.17, 15) is 14.7 Å². The lowest BCUT2D eigenvalue weighted by molar-refractivity contribution is -0.140. The molecule has 1 aromatic rings. The number of aliphatic carboxylic acids is 1. The van der Waals surface area contributed by atoms with E-state index in [2.05, 4.69) is 10.4 Å². The number of hydrogen-bond acceptors (Lipinski definition) is 4. The first kappa shape index (κ1) is 20.4. The summed E-state index contributed by atoms with van der Waals surface area (Å²) in [6.07, 6.45) is 2.41. The zero-order chi connectivity index (χ0) is 19.7. The standard InChI is InChI=1S/C19H31N3O4/c1-18(2,3)22-15(12-7-8-12)11-14(21-22)16(23)20-13(17(24)25)9-10-26-19(4,5)6/h11-13H,7-10H2,1-6H3,(H,20,23)(H,24,25). The Hall–Kier alpha value is -1.89. The van der Waals surface area contributed by atoms with Crippen LogP contribution in [0.15, 0.2) is 6.07 Å². The Morgan fingerprint density at radius 2 is 1.92 bits per heavy atom. The van der Waals surface area contributed by atoms with E-state index < -0.39 is 17.9 Å². The van der Waals surface area contributed by atoms with E-state index in [-0.39, 0.29) is 29.9 Å². The number of carboxylic acids is 1. The highest BCUT2D eigenvalue weighted by Crippen LogP contribution is 2.41. The van der Waals surface area contributed by atoms with Crippen molar-refractivity contribution in [2.75, 3.05) is 6.61 Å².